The molecule has 0 radical (unpaired) electrons. The van der Waals surface area contributed by atoms with Crippen LogP contribution in [0.3, 0.4) is 0 Å². The summed E-state index contributed by atoms with van der Waals surface area (Å²) in [5, 5.41) is 1.31. The molecule has 2 N–H and O–H groups in total. The summed E-state index contributed by atoms with van der Waals surface area (Å²) >= 11 is 1.71. The first-order valence-electron chi connectivity index (χ1n) is 6.48. The van der Waals surface area contributed by atoms with E-state index in [1.54, 1.807) is 35.0 Å². The summed E-state index contributed by atoms with van der Waals surface area (Å²) in [6.45, 7) is 0. The molecule has 100 valence electrons. The molecule has 0 aromatic carbocycles. The van der Waals surface area contributed by atoms with Gasteiger partial charge < -0.3 is 5.73 Å². The Balaban J connectivity index is 1.81. The number of anilines is 1. The van der Waals surface area contributed by atoms with Gasteiger partial charge in [0.05, 0.1) is 0 Å². The molecule has 2 aromatic rings. The van der Waals surface area contributed by atoms with Crippen molar-refractivity contribution in [2.24, 2.45) is 0 Å². The molecule has 3 rings (SSSR count). The molecule has 0 aliphatic heterocycles. The number of hydrogen-bond donors (Lipinski definition) is 1. The van der Waals surface area contributed by atoms with Crippen molar-refractivity contribution < 1.29 is 0 Å². The normalized spacial score (nSPS) is 16.6. The molecule has 2 aromatic heterocycles. The molecule has 0 bridgehead atoms. The van der Waals surface area contributed by atoms with E-state index >= 15 is 0 Å². The number of nitrogen functional groups attached to an aromatic ring is 1. The Hall–Kier alpha value is -1.63. The molecule has 7 heteroatoms. The first-order chi connectivity index (χ1) is 9.31. The van der Waals surface area contributed by atoms with Crippen molar-refractivity contribution in [3.63, 3.8) is 0 Å². The van der Waals surface area contributed by atoms with Gasteiger partial charge in [0, 0.05) is 17.6 Å². The third-order valence-corrected chi connectivity index (χ3v) is 4.38. The van der Waals surface area contributed by atoms with E-state index in [2.05, 4.69) is 19.9 Å². The third kappa shape index (κ3) is 3.04. The molecular formula is C12H16N6S. The molecule has 1 fully saturated rings. The van der Waals surface area contributed by atoms with Crippen LogP contribution in [0, 0.1) is 0 Å². The Morgan fingerprint density at radius 1 is 1.16 bits per heavy atom. The van der Waals surface area contributed by atoms with Crippen LogP contribution in [0.4, 0.5) is 5.95 Å². The maximum absolute atomic E-state index is 5.76. The van der Waals surface area contributed by atoms with E-state index in [4.69, 9.17) is 5.73 Å². The maximum atomic E-state index is 5.76. The molecule has 0 saturated heterocycles. The number of rotatable bonds is 3. The summed E-state index contributed by atoms with van der Waals surface area (Å²) in [5.41, 5.74) is 5.76. The van der Waals surface area contributed by atoms with E-state index in [1.807, 2.05) is 0 Å². The average Bonchev–Trinajstić information content (AvgIpc) is 2.93. The Morgan fingerprint density at radius 2 is 2.00 bits per heavy atom. The van der Waals surface area contributed by atoms with Gasteiger partial charge in [0.1, 0.15) is 6.33 Å². The third-order valence-electron chi connectivity index (χ3n) is 3.18. The summed E-state index contributed by atoms with van der Waals surface area (Å²) in [4.78, 5) is 16.8. The topological polar surface area (TPSA) is 82.5 Å². The molecule has 2 heterocycles. The van der Waals surface area contributed by atoms with E-state index in [0.717, 1.165) is 0 Å². The second-order valence-electron chi connectivity index (χ2n) is 4.62. The highest BCUT2D eigenvalue weighted by molar-refractivity contribution is 7.99. The zero-order chi connectivity index (χ0) is 13.1. The summed E-state index contributed by atoms with van der Waals surface area (Å²) in [5.74, 6) is 0.792. The van der Waals surface area contributed by atoms with Crippen molar-refractivity contribution in [1.29, 1.82) is 0 Å². The molecule has 6 nitrogen and oxygen atoms in total. The standard InChI is InChI=1S/C12H16N6S/c13-10-15-11(18-7-6-14-8-18)17-12(16-10)19-9-4-2-1-3-5-9/h6-9H,1-5H2,(H2,13,15,16,17). The monoisotopic (exact) mass is 276 g/mol. The summed E-state index contributed by atoms with van der Waals surface area (Å²) < 4.78 is 1.74. The Labute approximate surface area is 115 Å². The van der Waals surface area contributed by atoms with E-state index in [1.165, 1.54) is 32.1 Å². The van der Waals surface area contributed by atoms with Crippen molar-refractivity contribution in [2.75, 3.05) is 5.73 Å². The van der Waals surface area contributed by atoms with Crippen LogP contribution in [-0.2, 0) is 0 Å². The first kappa shape index (κ1) is 12.4. The van der Waals surface area contributed by atoms with Crippen molar-refractivity contribution in [2.45, 2.75) is 42.5 Å². The smallest absolute Gasteiger partial charge is 0.240 e. The van der Waals surface area contributed by atoms with E-state index < -0.39 is 0 Å². The SMILES string of the molecule is Nc1nc(SC2CCCCC2)nc(-n2ccnc2)n1. The number of nitrogens with two attached hydrogens (primary N) is 1. The average molecular weight is 276 g/mol. The van der Waals surface area contributed by atoms with Crippen molar-refractivity contribution in [1.82, 2.24) is 24.5 Å². The van der Waals surface area contributed by atoms with Crippen LogP contribution in [0.15, 0.2) is 23.9 Å². The second-order valence-corrected chi connectivity index (χ2v) is 5.89. The number of imidazole rings is 1. The number of hydrogen-bond acceptors (Lipinski definition) is 6. The van der Waals surface area contributed by atoms with Crippen molar-refractivity contribution in [3.05, 3.63) is 18.7 Å². The predicted octanol–water partition coefficient (Wildman–Crippen LogP) is 2.06. The minimum absolute atomic E-state index is 0.261. The molecule has 0 unspecified atom stereocenters. The number of nitrogens with zero attached hydrogens (tertiary/aromatic N) is 5. The van der Waals surface area contributed by atoms with Crippen LogP contribution in [0.2, 0.25) is 0 Å². The molecule has 0 atom stereocenters. The van der Waals surface area contributed by atoms with Crippen LogP contribution in [0.5, 0.6) is 0 Å². The lowest BCUT2D eigenvalue weighted by molar-refractivity contribution is 0.515. The number of aromatic nitrogens is 5. The van der Waals surface area contributed by atoms with E-state index in [-0.39, 0.29) is 5.95 Å². The van der Waals surface area contributed by atoms with Gasteiger partial charge >= 0.3 is 0 Å². The minimum atomic E-state index is 0.261. The highest BCUT2D eigenvalue weighted by atomic mass is 32.2. The molecular weight excluding hydrogens is 260 g/mol. The molecule has 1 saturated carbocycles. The van der Waals surface area contributed by atoms with E-state index in [0.29, 0.717) is 16.4 Å². The van der Waals surface area contributed by atoms with Gasteiger partial charge in [-0.1, -0.05) is 31.0 Å². The largest absolute Gasteiger partial charge is 0.368 e. The quantitative estimate of drug-likeness (QED) is 0.924. The summed E-state index contributed by atoms with van der Waals surface area (Å²) in [6, 6.07) is 0. The lowest BCUT2D eigenvalue weighted by Gasteiger charge is -2.20. The maximum Gasteiger partial charge on any atom is 0.240 e. The molecule has 1 aliphatic carbocycles. The molecule has 0 spiro atoms. The van der Waals surface area contributed by atoms with Gasteiger partial charge in [-0.2, -0.15) is 15.0 Å². The Kier molecular flexibility index (Phi) is 3.63. The summed E-state index contributed by atoms with van der Waals surface area (Å²) in [6.07, 6.45) is 11.5. The van der Waals surface area contributed by atoms with Gasteiger partial charge in [-0.3, -0.25) is 4.57 Å². The first-order valence-corrected chi connectivity index (χ1v) is 7.36. The lowest BCUT2D eigenvalue weighted by Crippen LogP contribution is -2.11. The van der Waals surface area contributed by atoms with Crippen LogP contribution in [0.25, 0.3) is 5.95 Å². The zero-order valence-electron chi connectivity index (χ0n) is 10.6. The van der Waals surface area contributed by atoms with Crippen LogP contribution >= 0.6 is 11.8 Å². The highest BCUT2D eigenvalue weighted by Crippen LogP contribution is 2.32. The fourth-order valence-corrected chi connectivity index (χ4v) is 3.39. The fourth-order valence-electron chi connectivity index (χ4n) is 2.24. The lowest BCUT2D eigenvalue weighted by atomic mass is 10.0. The van der Waals surface area contributed by atoms with Crippen molar-refractivity contribution in [3.8, 4) is 5.95 Å². The van der Waals surface area contributed by atoms with Gasteiger partial charge in [-0.05, 0) is 12.8 Å². The Morgan fingerprint density at radius 3 is 2.74 bits per heavy atom. The molecule has 19 heavy (non-hydrogen) atoms. The number of thioether (sulfide) groups is 1. The van der Waals surface area contributed by atoms with Crippen LogP contribution in [0.1, 0.15) is 32.1 Å². The van der Waals surface area contributed by atoms with Crippen molar-refractivity contribution >= 4 is 17.7 Å². The van der Waals surface area contributed by atoms with Crippen LogP contribution in [-0.4, -0.2) is 29.8 Å². The van der Waals surface area contributed by atoms with Gasteiger partial charge in [0.2, 0.25) is 11.9 Å². The van der Waals surface area contributed by atoms with Gasteiger partial charge in [-0.15, -0.1) is 0 Å². The predicted molar refractivity (Wildman–Crippen MR) is 74.1 cm³/mol. The van der Waals surface area contributed by atoms with Crippen LogP contribution < -0.4 is 5.73 Å². The van der Waals surface area contributed by atoms with Gasteiger partial charge in [0.15, 0.2) is 5.16 Å². The van der Waals surface area contributed by atoms with Gasteiger partial charge in [0.25, 0.3) is 0 Å². The molecule has 1 aliphatic rings. The minimum Gasteiger partial charge on any atom is -0.368 e. The van der Waals surface area contributed by atoms with Gasteiger partial charge in [-0.25, -0.2) is 4.98 Å². The summed E-state index contributed by atoms with van der Waals surface area (Å²) in [7, 11) is 0. The fraction of sp³-hybridized carbons (Fsp3) is 0.500. The molecule has 0 amide bonds. The second kappa shape index (κ2) is 5.56. The Bertz CT molecular complexity index is 535. The highest BCUT2D eigenvalue weighted by Gasteiger charge is 2.17. The van der Waals surface area contributed by atoms with E-state index in [9.17, 15) is 0 Å². The zero-order valence-corrected chi connectivity index (χ0v) is 11.4.